The van der Waals surface area contributed by atoms with Crippen LogP contribution < -0.4 is 0 Å². The zero-order valence-electron chi connectivity index (χ0n) is 10.1. The number of aromatic hydroxyl groups is 1. The highest BCUT2D eigenvalue weighted by Crippen LogP contribution is 2.30. The van der Waals surface area contributed by atoms with Gasteiger partial charge in [0.2, 0.25) is 0 Å². The van der Waals surface area contributed by atoms with E-state index in [0.29, 0.717) is 5.75 Å². The SMILES string of the molecule is CCc1cc(CSc2ccccc2O)n(C)n1. The third-order valence-corrected chi connectivity index (χ3v) is 3.73. The molecule has 0 atom stereocenters. The third-order valence-electron chi connectivity index (χ3n) is 2.63. The van der Waals surface area contributed by atoms with E-state index in [1.807, 2.05) is 29.9 Å². The molecule has 1 aromatic carbocycles. The number of phenolic OH excluding ortho intramolecular Hbond substituents is 1. The highest BCUT2D eigenvalue weighted by molar-refractivity contribution is 7.98. The lowest BCUT2D eigenvalue weighted by Crippen LogP contribution is -1.96. The molecule has 4 heteroatoms. The summed E-state index contributed by atoms with van der Waals surface area (Å²) in [5.41, 5.74) is 2.29. The lowest BCUT2D eigenvalue weighted by Gasteiger charge is -2.04. The molecular formula is C13H16N2OS. The summed E-state index contributed by atoms with van der Waals surface area (Å²) in [7, 11) is 1.96. The largest absolute Gasteiger partial charge is 0.507 e. The van der Waals surface area contributed by atoms with E-state index in [4.69, 9.17) is 0 Å². The summed E-state index contributed by atoms with van der Waals surface area (Å²) < 4.78 is 1.91. The van der Waals surface area contributed by atoms with E-state index in [1.165, 1.54) is 5.69 Å². The van der Waals surface area contributed by atoms with Crippen molar-refractivity contribution in [3.8, 4) is 5.75 Å². The number of aromatic nitrogens is 2. The number of hydrogen-bond acceptors (Lipinski definition) is 3. The van der Waals surface area contributed by atoms with Gasteiger partial charge in [0.05, 0.1) is 5.69 Å². The molecule has 1 heterocycles. The third kappa shape index (κ3) is 2.82. The first-order valence-corrected chi connectivity index (χ1v) is 6.62. The van der Waals surface area contributed by atoms with E-state index in [9.17, 15) is 5.11 Å². The normalized spacial score (nSPS) is 10.7. The van der Waals surface area contributed by atoms with Gasteiger partial charge in [0, 0.05) is 23.4 Å². The number of thioether (sulfide) groups is 1. The molecule has 1 aromatic heterocycles. The monoisotopic (exact) mass is 248 g/mol. The van der Waals surface area contributed by atoms with E-state index < -0.39 is 0 Å². The highest BCUT2D eigenvalue weighted by atomic mass is 32.2. The average molecular weight is 248 g/mol. The summed E-state index contributed by atoms with van der Waals surface area (Å²) in [6.07, 6.45) is 0.953. The molecule has 1 N–H and O–H groups in total. The fourth-order valence-electron chi connectivity index (χ4n) is 1.61. The Bertz CT molecular complexity index is 508. The van der Waals surface area contributed by atoms with Crippen LogP contribution in [0.3, 0.4) is 0 Å². The molecule has 0 fully saturated rings. The molecule has 0 bridgehead atoms. The Balaban J connectivity index is 2.07. The molecule has 0 saturated carbocycles. The van der Waals surface area contributed by atoms with Gasteiger partial charge in [-0.2, -0.15) is 5.10 Å². The van der Waals surface area contributed by atoms with Gasteiger partial charge in [0.15, 0.2) is 0 Å². The first-order valence-electron chi connectivity index (χ1n) is 5.63. The molecule has 90 valence electrons. The Morgan fingerprint density at radius 3 is 2.76 bits per heavy atom. The standard InChI is InChI=1S/C13H16N2OS/c1-3-10-8-11(15(2)14-10)9-17-13-7-5-4-6-12(13)16/h4-8,16H,3,9H2,1-2H3. The maximum atomic E-state index is 9.67. The molecule has 0 spiro atoms. The summed E-state index contributed by atoms with van der Waals surface area (Å²) in [5.74, 6) is 1.16. The Morgan fingerprint density at radius 2 is 2.12 bits per heavy atom. The van der Waals surface area contributed by atoms with E-state index in [2.05, 4.69) is 18.1 Å². The molecule has 3 nitrogen and oxygen atoms in total. The Morgan fingerprint density at radius 1 is 1.35 bits per heavy atom. The van der Waals surface area contributed by atoms with Crippen molar-refractivity contribution in [2.75, 3.05) is 0 Å². The molecular weight excluding hydrogens is 232 g/mol. The topological polar surface area (TPSA) is 38.0 Å². The van der Waals surface area contributed by atoms with E-state index in [1.54, 1.807) is 17.8 Å². The van der Waals surface area contributed by atoms with Crippen molar-refractivity contribution in [3.63, 3.8) is 0 Å². The van der Waals surface area contributed by atoms with Crippen LogP contribution in [0.1, 0.15) is 18.3 Å². The maximum absolute atomic E-state index is 9.67. The fourth-order valence-corrected chi connectivity index (χ4v) is 2.57. The number of aryl methyl sites for hydroxylation is 2. The summed E-state index contributed by atoms with van der Waals surface area (Å²) in [5, 5.41) is 14.1. The van der Waals surface area contributed by atoms with E-state index in [0.717, 1.165) is 22.8 Å². The smallest absolute Gasteiger partial charge is 0.129 e. The summed E-state index contributed by atoms with van der Waals surface area (Å²) in [4.78, 5) is 0.909. The number of para-hydroxylation sites is 1. The molecule has 0 aliphatic carbocycles. The maximum Gasteiger partial charge on any atom is 0.129 e. The zero-order chi connectivity index (χ0) is 12.3. The molecule has 2 rings (SSSR count). The van der Waals surface area contributed by atoms with Gasteiger partial charge in [-0.3, -0.25) is 4.68 Å². The van der Waals surface area contributed by atoms with Gasteiger partial charge < -0.3 is 5.11 Å². The molecule has 0 saturated heterocycles. The molecule has 0 radical (unpaired) electrons. The number of nitrogens with zero attached hydrogens (tertiary/aromatic N) is 2. The predicted molar refractivity (Wildman–Crippen MR) is 70.3 cm³/mol. The van der Waals surface area contributed by atoms with Gasteiger partial charge in [0.25, 0.3) is 0 Å². The van der Waals surface area contributed by atoms with E-state index >= 15 is 0 Å². The molecule has 17 heavy (non-hydrogen) atoms. The van der Waals surface area contributed by atoms with Crippen molar-refractivity contribution >= 4 is 11.8 Å². The van der Waals surface area contributed by atoms with Crippen LogP contribution >= 0.6 is 11.8 Å². The van der Waals surface area contributed by atoms with Crippen LogP contribution in [0.5, 0.6) is 5.75 Å². The zero-order valence-corrected chi connectivity index (χ0v) is 10.9. The minimum Gasteiger partial charge on any atom is -0.507 e. The van der Waals surface area contributed by atoms with Crippen molar-refractivity contribution in [3.05, 3.63) is 41.7 Å². The number of benzene rings is 1. The second kappa shape index (κ2) is 5.27. The summed E-state index contributed by atoms with van der Waals surface area (Å²) in [6.45, 7) is 2.10. The van der Waals surface area contributed by atoms with Crippen LogP contribution in [0.25, 0.3) is 0 Å². The van der Waals surface area contributed by atoms with Gasteiger partial charge in [-0.25, -0.2) is 0 Å². The minimum absolute atomic E-state index is 0.343. The molecule has 0 aliphatic heterocycles. The molecule has 0 amide bonds. The number of hydrogen-bond donors (Lipinski definition) is 1. The van der Waals surface area contributed by atoms with Gasteiger partial charge in [-0.05, 0) is 24.6 Å². The first kappa shape index (κ1) is 12.0. The van der Waals surface area contributed by atoms with Crippen molar-refractivity contribution in [1.29, 1.82) is 0 Å². The quantitative estimate of drug-likeness (QED) is 0.845. The molecule has 0 unspecified atom stereocenters. The number of phenols is 1. The van der Waals surface area contributed by atoms with Crippen LogP contribution in [-0.2, 0) is 19.2 Å². The summed E-state index contributed by atoms with van der Waals surface area (Å²) in [6, 6.07) is 9.52. The molecule has 2 aromatic rings. The number of rotatable bonds is 4. The average Bonchev–Trinajstić information content (AvgIpc) is 2.69. The second-order valence-corrected chi connectivity index (χ2v) is 4.88. The molecule has 0 aliphatic rings. The van der Waals surface area contributed by atoms with Gasteiger partial charge >= 0.3 is 0 Å². The van der Waals surface area contributed by atoms with Crippen LogP contribution in [0.15, 0.2) is 35.2 Å². The lowest BCUT2D eigenvalue weighted by atomic mass is 10.3. The first-order chi connectivity index (χ1) is 8.20. The van der Waals surface area contributed by atoms with Gasteiger partial charge in [-0.15, -0.1) is 11.8 Å². The van der Waals surface area contributed by atoms with Crippen LogP contribution in [-0.4, -0.2) is 14.9 Å². The van der Waals surface area contributed by atoms with Crippen molar-refractivity contribution < 1.29 is 5.11 Å². The lowest BCUT2D eigenvalue weighted by molar-refractivity contribution is 0.462. The highest BCUT2D eigenvalue weighted by Gasteiger charge is 2.06. The van der Waals surface area contributed by atoms with Crippen molar-refractivity contribution in [2.24, 2.45) is 7.05 Å². The summed E-state index contributed by atoms with van der Waals surface area (Å²) >= 11 is 1.63. The van der Waals surface area contributed by atoms with Gasteiger partial charge in [-0.1, -0.05) is 19.1 Å². The Labute approximate surface area is 105 Å². The predicted octanol–water partition coefficient (Wildman–Crippen LogP) is 2.98. The minimum atomic E-state index is 0.343. The van der Waals surface area contributed by atoms with E-state index in [-0.39, 0.29) is 0 Å². The van der Waals surface area contributed by atoms with Gasteiger partial charge in [0.1, 0.15) is 5.75 Å². The van der Waals surface area contributed by atoms with Crippen LogP contribution in [0.4, 0.5) is 0 Å². The van der Waals surface area contributed by atoms with Crippen LogP contribution in [0, 0.1) is 0 Å². The Hall–Kier alpha value is -1.42. The fraction of sp³-hybridized carbons (Fsp3) is 0.308. The Kier molecular flexibility index (Phi) is 3.74. The van der Waals surface area contributed by atoms with Crippen LogP contribution in [0.2, 0.25) is 0 Å². The van der Waals surface area contributed by atoms with Crippen molar-refractivity contribution in [2.45, 2.75) is 24.0 Å². The van der Waals surface area contributed by atoms with Crippen molar-refractivity contribution in [1.82, 2.24) is 9.78 Å². The second-order valence-electron chi connectivity index (χ2n) is 3.86.